The minimum Gasteiger partial charge on any atom is -0.392 e. The van der Waals surface area contributed by atoms with E-state index in [-0.39, 0.29) is 29.6 Å². The predicted octanol–water partition coefficient (Wildman–Crippen LogP) is 0.603. The molecule has 0 aliphatic carbocycles. The summed E-state index contributed by atoms with van der Waals surface area (Å²) in [6.07, 6.45) is 3.07. The Kier molecular flexibility index (Phi) is 11.4. The van der Waals surface area contributed by atoms with Gasteiger partial charge in [0.05, 0.1) is 0 Å². The maximum Gasteiger partial charge on any atom is 0.330 e. The fourth-order valence-corrected chi connectivity index (χ4v) is 0.776. The molecule has 0 saturated carbocycles. The maximum atomic E-state index is 10.9. The number of rotatable bonds is 5. The topological polar surface area (TPSA) is 69.4 Å². The second-order valence-corrected chi connectivity index (χ2v) is 3.04. The maximum absolute atomic E-state index is 10.9. The fourth-order valence-electron chi connectivity index (χ4n) is 0.776. The summed E-state index contributed by atoms with van der Waals surface area (Å²) >= 11 is 0. The number of unbranched alkanes of at least 4 members (excludes halogenated alkanes) is 2. The molecular formula is C9H17NNaO3. The summed E-state index contributed by atoms with van der Waals surface area (Å²) in [6, 6.07) is -0.727. The number of carbonyl (C=O) groups excluding carboxylic acids is 2. The zero-order chi connectivity index (χ0) is 10.3. The Morgan fingerprint density at radius 1 is 1.36 bits per heavy atom. The van der Waals surface area contributed by atoms with E-state index >= 15 is 0 Å². The van der Waals surface area contributed by atoms with Crippen LogP contribution in [0.15, 0.2) is 0 Å². The van der Waals surface area contributed by atoms with Gasteiger partial charge in [0, 0.05) is 36.0 Å². The van der Waals surface area contributed by atoms with Crippen LogP contribution in [0, 0.1) is 0 Å². The number of nitrogens with two attached hydrogens (primary N) is 1. The third-order valence-electron chi connectivity index (χ3n) is 1.57. The van der Waals surface area contributed by atoms with Crippen LogP contribution in [0.1, 0.15) is 39.5 Å². The molecule has 2 N–H and O–H groups in total. The van der Waals surface area contributed by atoms with Crippen LogP contribution in [-0.4, -0.2) is 47.5 Å². The van der Waals surface area contributed by atoms with Gasteiger partial charge in [0.25, 0.3) is 0 Å². The molecule has 0 aromatic rings. The molecule has 0 heterocycles. The van der Waals surface area contributed by atoms with Gasteiger partial charge in [-0.3, -0.25) is 4.79 Å². The summed E-state index contributed by atoms with van der Waals surface area (Å²) in [5.74, 6) is -1.13. The molecule has 0 rings (SSSR count). The first-order valence-corrected chi connectivity index (χ1v) is 4.58. The standard InChI is InChI=1S/C9H17NO3.Na/c1-3-4-5-6-8(11)13-9(12)7(2)10;/h7H,3-6,10H2,1-2H3;/t7-;/m0./s1. The Bertz CT molecular complexity index is 183. The first-order chi connectivity index (χ1) is 6.07. The van der Waals surface area contributed by atoms with Crippen LogP contribution >= 0.6 is 0 Å². The molecule has 77 valence electrons. The van der Waals surface area contributed by atoms with Crippen LogP contribution in [-0.2, 0) is 14.3 Å². The number of carbonyl (C=O) groups is 2. The van der Waals surface area contributed by atoms with E-state index in [1.54, 1.807) is 0 Å². The first-order valence-electron chi connectivity index (χ1n) is 4.58. The van der Waals surface area contributed by atoms with E-state index in [2.05, 4.69) is 4.74 Å². The third-order valence-corrected chi connectivity index (χ3v) is 1.57. The number of hydrogen-bond donors (Lipinski definition) is 1. The SMILES string of the molecule is CCCCCC(=O)OC(=O)[C@H](C)N.[Na]. The van der Waals surface area contributed by atoms with E-state index < -0.39 is 18.0 Å². The molecule has 0 spiro atoms. The van der Waals surface area contributed by atoms with E-state index in [1.807, 2.05) is 6.92 Å². The number of hydrogen-bond acceptors (Lipinski definition) is 4. The van der Waals surface area contributed by atoms with Gasteiger partial charge in [-0.15, -0.1) is 0 Å². The zero-order valence-corrected chi connectivity index (χ0v) is 11.2. The van der Waals surface area contributed by atoms with Crippen LogP contribution in [0.2, 0.25) is 0 Å². The van der Waals surface area contributed by atoms with E-state index in [0.29, 0.717) is 6.42 Å². The number of esters is 2. The van der Waals surface area contributed by atoms with Crippen molar-refractivity contribution >= 4 is 41.5 Å². The Balaban J connectivity index is 0. The van der Waals surface area contributed by atoms with Gasteiger partial charge in [0.1, 0.15) is 6.04 Å². The van der Waals surface area contributed by atoms with Gasteiger partial charge in [0.15, 0.2) is 0 Å². The molecular weight excluding hydrogens is 193 g/mol. The summed E-state index contributed by atoms with van der Waals surface area (Å²) < 4.78 is 4.46. The predicted molar refractivity (Wildman–Crippen MR) is 54.6 cm³/mol. The van der Waals surface area contributed by atoms with Gasteiger partial charge < -0.3 is 10.5 Å². The summed E-state index contributed by atoms with van der Waals surface area (Å²) in [5.41, 5.74) is 5.21. The second kappa shape index (κ2) is 9.65. The molecule has 0 aliphatic rings. The van der Waals surface area contributed by atoms with Crippen molar-refractivity contribution < 1.29 is 14.3 Å². The van der Waals surface area contributed by atoms with Crippen LogP contribution in [0.4, 0.5) is 0 Å². The van der Waals surface area contributed by atoms with Crippen molar-refractivity contribution in [3.05, 3.63) is 0 Å². The third kappa shape index (κ3) is 8.69. The first kappa shape index (κ1) is 16.5. The molecule has 5 heteroatoms. The van der Waals surface area contributed by atoms with E-state index in [9.17, 15) is 9.59 Å². The summed E-state index contributed by atoms with van der Waals surface area (Å²) in [7, 11) is 0. The van der Waals surface area contributed by atoms with Gasteiger partial charge in [-0.25, -0.2) is 4.79 Å². The molecule has 14 heavy (non-hydrogen) atoms. The Morgan fingerprint density at radius 3 is 2.36 bits per heavy atom. The molecule has 0 unspecified atom stereocenters. The molecule has 1 radical (unpaired) electrons. The van der Waals surface area contributed by atoms with Crippen molar-refractivity contribution in [1.29, 1.82) is 0 Å². The molecule has 4 nitrogen and oxygen atoms in total. The van der Waals surface area contributed by atoms with Crippen LogP contribution < -0.4 is 5.73 Å². The molecule has 0 fully saturated rings. The monoisotopic (exact) mass is 210 g/mol. The molecule has 0 amide bonds. The van der Waals surface area contributed by atoms with Crippen molar-refractivity contribution in [2.45, 2.75) is 45.6 Å². The minimum atomic E-state index is -0.727. The van der Waals surface area contributed by atoms with Crippen molar-refractivity contribution in [2.24, 2.45) is 5.73 Å². The van der Waals surface area contributed by atoms with Crippen LogP contribution in [0.5, 0.6) is 0 Å². The Morgan fingerprint density at radius 2 is 1.93 bits per heavy atom. The Hall–Kier alpha value is 0.1000. The average molecular weight is 210 g/mol. The summed E-state index contributed by atoms with van der Waals surface area (Å²) in [6.45, 7) is 3.53. The largest absolute Gasteiger partial charge is 0.392 e. The quantitative estimate of drug-likeness (QED) is 0.312. The van der Waals surface area contributed by atoms with E-state index in [1.165, 1.54) is 6.92 Å². The van der Waals surface area contributed by atoms with Crippen LogP contribution in [0.3, 0.4) is 0 Å². The van der Waals surface area contributed by atoms with Crippen LogP contribution in [0.25, 0.3) is 0 Å². The fraction of sp³-hybridized carbons (Fsp3) is 0.778. The van der Waals surface area contributed by atoms with Crippen molar-refractivity contribution in [3.63, 3.8) is 0 Å². The summed E-state index contributed by atoms with van der Waals surface area (Å²) in [4.78, 5) is 21.8. The minimum absolute atomic E-state index is 0. The van der Waals surface area contributed by atoms with Gasteiger partial charge in [-0.05, 0) is 13.3 Å². The Labute approximate surface area is 107 Å². The molecule has 0 aromatic carbocycles. The zero-order valence-electron chi connectivity index (χ0n) is 9.21. The van der Waals surface area contributed by atoms with Gasteiger partial charge in [-0.2, -0.15) is 0 Å². The van der Waals surface area contributed by atoms with Gasteiger partial charge in [0.2, 0.25) is 0 Å². The molecule has 0 saturated heterocycles. The number of ether oxygens (including phenoxy) is 1. The van der Waals surface area contributed by atoms with Crippen molar-refractivity contribution in [2.75, 3.05) is 0 Å². The summed E-state index contributed by atoms with van der Waals surface area (Å²) in [5, 5.41) is 0. The molecule has 0 aliphatic heterocycles. The molecule has 1 atom stereocenters. The average Bonchev–Trinajstić information content (AvgIpc) is 2.04. The molecule has 0 bridgehead atoms. The second-order valence-electron chi connectivity index (χ2n) is 3.04. The van der Waals surface area contributed by atoms with E-state index in [4.69, 9.17) is 5.73 Å². The van der Waals surface area contributed by atoms with E-state index in [0.717, 1.165) is 19.3 Å². The smallest absolute Gasteiger partial charge is 0.330 e. The van der Waals surface area contributed by atoms with Crippen molar-refractivity contribution in [3.8, 4) is 0 Å². The molecule has 0 aromatic heterocycles. The normalized spacial score (nSPS) is 11.4. The van der Waals surface area contributed by atoms with Crippen molar-refractivity contribution in [1.82, 2.24) is 0 Å². The van der Waals surface area contributed by atoms with Gasteiger partial charge >= 0.3 is 11.9 Å². The van der Waals surface area contributed by atoms with Gasteiger partial charge in [-0.1, -0.05) is 19.8 Å².